The Labute approximate surface area is 184 Å². The highest BCUT2D eigenvalue weighted by molar-refractivity contribution is 8.19. The third kappa shape index (κ3) is 4.57. The number of aryl methyl sites for hydroxylation is 1. The second-order valence-electron chi connectivity index (χ2n) is 6.73. The number of anilines is 1. The van der Waals surface area contributed by atoms with Gasteiger partial charge in [0.15, 0.2) is 11.0 Å². The second-order valence-corrected chi connectivity index (χ2v) is 7.74. The predicted molar refractivity (Wildman–Crippen MR) is 123 cm³/mol. The Hall–Kier alpha value is -3.71. The number of amides is 1. The third-order valence-corrected chi connectivity index (χ3v) is 5.50. The van der Waals surface area contributed by atoms with E-state index in [1.807, 2.05) is 49.4 Å². The van der Waals surface area contributed by atoms with Crippen LogP contribution in [0.15, 0.2) is 82.7 Å². The van der Waals surface area contributed by atoms with Crippen LogP contribution in [0.1, 0.15) is 21.6 Å². The molecule has 0 unspecified atom stereocenters. The van der Waals surface area contributed by atoms with Crippen LogP contribution >= 0.6 is 11.8 Å². The lowest BCUT2D eigenvalue weighted by Crippen LogP contribution is -2.28. The van der Waals surface area contributed by atoms with Gasteiger partial charge in [-0.2, -0.15) is 0 Å². The first-order valence-corrected chi connectivity index (χ1v) is 10.4. The molecular weight excluding hydrogens is 410 g/mol. The third-order valence-electron chi connectivity index (χ3n) is 4.53. The van der Waals surface area contributed by atoms with Crippen LogP contribution in [0.4, 0.5) is 11.5 Å². The molecule has 2 heterocycles. The first kappa shape index (κ1) is 20.6. The number of thioether (sulfide) groups is 1. The molecule has 0 aliphatic carbocycles. The Balaban J connectivity index is 1.71. The maximum atomic E-state index is 13.3. The quantitative estimate of drug-likeness (QED) is 0.432. The summed E-state index contributed by atoms with van der Waals surface area (Å²) in [7, 11) is 1.34. The van der Waals surface area contributed by atoms with Gasteiger partial charge in [-0.25, -0.2) is 14.8 Å². The van der Waals surface area contributed by atoms with Crippen molar-refractivity contribution in [3.8, 4) is 0 Å². The molecule has 1 aromatic heterocycles. The fraction of sp³-hybridized carbons (Fsp3) is 0.0833. The first-order valence-electron chi connectivity index (χ1n) is 9.55. The van der Waals surface area contributed by atoms with Crippen LogP contribution in [0, 0.1) is 6.92 Å². The van der Waals surface area contributed by atoms with Gasteiger partial charge in [-0.1, -0.05) is 36.4 Å². The summed E-state index contributed by atoms with van der Waals surface area (Å²) in [5, 5.41) is 0.534. The van der Waals surface area contributed by atoms with Gasteiger partial charge < -0.3 is 4.74 Å². The maximum Gasteiger partial charge on any atom is 0.337 e. The van der Waals surface area contributed by atoms with E-state index in [1.54, 1.807) is 41.3 Å². The van der Waals surface area contributed by atoms with Crippen molar-refractivity contribution in [1.82, 2.24) is 4.98 Å². The summed E-state index contributed by atoms with van der Waals surface area (Å²) in [6.07, 6.45) is 1.79. The molecule has 1 aliphatic rings. The summed E-state index contributed by atoms with van der Waals surface area (Å²) in [5.74, 6) is -0.0274. The zero-order valence-electron chi connectivity index (χ0n) is 17.0. The minimum atomic E-state index is -0.402. The largest absolute Gasteiger partial charge is 0.465 e. The van der Waals surface area contributed by atoms with Gasteiger partial charge in [0.1, 0.15) is 0 Å². The highest BCUT2D eigenvalue weighted by atomic mass is 32.2. The number of hydrogen-bond donors (Lipinski definition) is 0. The van der Waals surface area contributed by atoms with Gasteiger partial charge >= 0.3 is 5.97 Å². The molecule has 0 bridgehead atoms. The van der Waals surface area contributed by atoms with Crippen LogP contribution in [0.3, 0.4) is 0 Å². The topological polar surface area (TPSA) is 71.9 Å². The van der Waals surface area contributed by atoms with E-state index in [-0.39, 0.29) is 5.91 Å². The van der Waals surface area contributed by atoms with Crippen molar-refractivity contribution in [2.75, 3.05) is 12.0 Å². The van der Waals surface area contributed by atoms with Gasteiger partial charge in [0.25, 0.3) is 5.91 Å². The monoisotopic (exact) mass is 429 g/mol. The molecule has 0 radical (unpaired) electrons. The van der Waals surface area contributed by atoms with Crippen LogP contribution in [0.2, 0.25) is 0 Å². The number of aliphatic imine (C=N–C) groups is 1. The number of methoxy groups -OCH3 is 1. The number of carbonyl (C=O) groups is 2. The molecule has 0 atom stereocenters. The van der Waals surface area contributed by atoms with Gasteiger partial charge in [0, 0.05) is 5.69 Å². The number of pyridine rings is 1. The molecule has 31 heavy (non-hydrogen) atoms. The van der Waals surface area contributed by atoms with Crippen molar-refractivity contribution in [3.63, 3.8) is 0 Å². The van der Waals surface area contributed by atoms with Gasteiger partial charge in [-0.05, 0) is 66.7 Å². The van der Waals surface area contributed by atoms with Gasteiger partial charge in [0.2, 0.25) is 0 Å². The zero-order valence-corrected chi connectivity index (χ0v) is 17.8. The minimum Gasteiger partial charge on any atom is -0.465 e. The number of ether oxygens (including phenoxy) is 1. The van der Waals surface area contributed by atoms with Crippen LogP contribution in [-0.4, -0.2) is 29.1 Å². The van der Waals surface area contributed by atoms with Crippen molar-refractivity contribution >= 4 is 46.4 Å². The molecule has 0 saturated carbocycles. The summed E-state index contributed by atoms with van der Waals surface area (Å²) in [5.41, 5.74) is 2.83. The highest BCUT2D eigenvalue weighted by Crippen LogP contribution is 2.37. The molecule has 1 fully saturated rings. The molecule has 1 aliphatic heterocycles. The molecule has 154 valence electrons. The lowest BCUT2D eigenvalue weighted by molar-refractivity contribution is -0.113. The molecule has 2 aromatic carbocycles. The molecule has 0 N–H and O–H groups in total. The van der Waals surface area contributed by atoms with Crippen LogP contribution in [0.5, 0.6) is 0 Å². The molecule has 7 heteroatoms. The first-order chi connectivity index (χ1) is 15.0. The lowest BCUT2D eigenvalue weighted by Gasteiger charge is -2.15. The molecule has 0 spiro atoms. The minimum absolute atomic E-state index is 0.167. The summed E-state index contributed by atoms with van der Waals surface area (Å²) >= 11 is 1.29. The van der Waals surface area contributed by atoms with Gasteiger partial charge in [-0.15, -0.1) is 0 Å². The Bertz CT molecular complexity index is 1190. The predicted octanol–water partition coefficient (Wildman–Crippen LogP) is 4.99. The molecular formula is C24H19N3O3S. The molecule has 4 rings (SSSR count). The molecule has 1 saturated heterocycles. The maximum absolute atomic E-state index is 13.3. The smallest absolute Gasteiger partial charge is 0.337 e. The van der Waals surface area contributed by atoms with E-state index in [0.29, 0.717) is 21.5 Å². The van der Waals surface area contributed by atoms with Crippen LogP contribution in [0.25, 0.3) is 6.08 Å². The average molecular weight is 430 g/mol. The summed E-state index contributed by atoms with van der Waals surface area (Å²) in [6.45, 7) is 1.90. The number of para-hydroxylation sites is 1. The van der Waals surface area contributed by atoms with Crippen molar-refractivity contribution in [1.29, 1.82) is 0 Å². The molecule has 3 aromatic rings. The van der Waals surface area contributed by atoms with E-state index < -0.39 is 5.97 Å². The Morgan fingerprint density at radius 3 is 2.45 bits per heavy atom. The van der Waals surface area contributed by atoms with E-state index in [4.69, 9.17) is 4.74 Å². The fourth-order valence-electron chi connectivity index (χ4n) is 3.03. The number of amidine groups is 1. The van der Waals surface area contributed by atoms with Gasteiger partial charge in [0.05, 0.1) is 23.3 Å². The number of rotatable bonds is 4. The van der Waals surface area contributed by atoms with Crippen molar-refractivity contribution < 1.29 is 14.3 Å². The number of aromatic nitrogens is 1. The Kier molecular flexibility index (Phi) is 5.95. The van der Waals surface area contributed by atoms with Crippen LogP contribution < -0.4 is 4.90 Å². The van der Waals surface area contributed by atoms with Crippen LogP contribution in [-0.2, 0) is 9.53 Å². The van der Waals surface area contributed by atoms with Crippen molar-refractivity contribution in [2.45, 2.75) is 6.92 Å². The highest BCUT2D eigenvalue weighted by Gasteiger charge is 2.34. The number of hydrogen-bond acceptors (Lipinski definition) is 6. The van der Waals surface area contributed by atoms with E-state index in [2.05, 4.69) is 9.98 Å². The number of carbonyl (C=O) groups excluding carboxylic acids is 2. The number of benzene rings is 2. The molecule has 1 amide bonds. The number of esters is 1. The normalized spacial score (nSPS) is 16.2. The summed E-state index contributed by atoms with van der Waals surface area (Å²) < 4.78 is 4.73. The van der Waals surface area contributed by atoms with Gasteiger partial charge in [-0.3, -0.25) is 9.69 Å². The summed E-state index contributed by atoms with van der Waals surface area (Å²) in [6, 6.07) is 21.9. The van der Waals surface area contributed by atoms with E-state index in [9.17, 15) is 9.59 Å². The summed E-state index contributed by atoms with van der Waals surface area (Å²) in [4.78, 5) is 36.1. The fourth-order valence-corrected chi connectivity index (χ4v) is 4.02. The lowest BCUT2D eigenvalue weighted by atomic mass is 10.1. The second kappa shape index (κ2) is 8.97. The average Bonchev–Trinajstić information content (AvgIpc) is 3.08. The van der Waals surface area contributed by atoms with E-state index >= 15 is 0 Å². The van der Waals surface area contributed by atoms with E-state index in [0.717, 1.165) is 16.9 Å². The van der Waals surface area contributed by atoms with E-state index in [1.165, 1.54) is 18.9 Å². The SMILES string of the molecule is COC(=O)c1ccc(/C=C2\S/C(=N/c3cccc(C)n3)N(c3ccccc3)C2=O)cc1. The standard InChI is InChI=1S/C24H19N3O3S/c1-16-7-6-10-21(25-16)26-24-27(19-8-4-3-5-9-19)22(28)20(31-24)15-17-11-13-18(14-12-17)23(29)30-2/h3-15H,1-2H3/b20-15-,26-24+. The zero-order chi connectivity index (χ0) is 21.8. The number of nitrogens with zero attached hydrogens (tertiary/aromatic N) is 3. The Morgan fingerprint density at radius 1 is 1.03 bits per heavy atom. The van der Waals surface area contributed by atoms with Crippen molar-refractivity contribution in [2.24, 2.45) is 4.99 Å². The molecule has 6 nitrogen and oxygen atoms in total. The Morgan fingerprint density at radius 2 is 1.77 bits per heavy atom. The van der Waals surface area contributed by atoms with Crippen molar-refractivity contribution in [3.05, 3.63) is 94.5 Å².